The van der Waals surface area contributed by atoms with Gasteiger partial charge in [0.1, 0.15) is 5.75 Å². The van der Waals surface area contributed by atoms with Crippen molar-refractivity contribution in [3.63, 3.8) is 0 Å². The van der Waals surface area contributed by atoms with Gasteiger partial charge in [0.05, 0.1) is 5.56 Å². The van der Waals surface area contributed by atoms with Crippen LogP contribution in [0.25, 0.3) is 0 Å². The maximum absolute atomic E-state index is 12.5. The van der Waals surface area contributed by atoms with Crippen LogP contribution in [0.1, 0.15) is 125 Å². The summed E-state index contributed by atoms with van der Waals surface area (Å²) in [7, 11) is 0. The molecule has 0 amide bonds. The third-order valence-corrected chi connectivity index (χ3v) is 7.38. The van der Waals surface area contributed by atoms with Gasteiger partial charge < -0.3 is 4.74 Å². The van der Waals surface area contributed by atoms with Gasteiger partial charge in [-0.15, -0.1) is 0 Å². The Morgan fingerprint density at radius 2 is 1.39 bits per heavy atom. The summed E-state index contributed by atoms with van der Waals surface area (Å²) in [6.45, 7) is 4.48. The fourth-order valence-electron chi connectivity index (χ4n) is 5.16. The second-order valence-corrected chi connectivity index (χ2v) is 10.0. The van der Waals surface area contributed by atoms with Crippen LogP contribution >= 0.6 is 0 Å². The normalized spacial score (nSPS) is 18.2. The average Bonchev–Trinajstić information content (AvgIpc) is 2.86. The first kappa shape index (κ1) is 25.5. The van der Waals surface area contributed by atoms with E-state index in [9.17, 15) is 4.79 Å². The van der Waals surface area contributed by atoms with Gasteiger partial charge in [-0.05, 0) is 85.8 Å². The summed E-state index contributed by atoms with van der Waals surface area (Å²) >= 11 is 0. The third kappa shape index (κ3) is 8.65. The molecule has 1 aliphatic carbocycles. The number of hydrogen-bond donors (Lipinski definition) is 0. The third-order valence-electron chi connectivity index (χ3n) is 7.38. The molecule has 1 saturated carbocycles. The van der Waals surface area contributed by atoms with Gasteiger partial charge in [-0.25, -0.2) is 4.79 Å². The summed E-state index contributed by atoms with van der Waals surface area (Å²) < 4.78 is 5.62. The van der Waals surface area contributed by atoms with Gasteiger partial charge >= 0.3 is 5.97 Å². The summed E-state index contributed by atoms with van der Waals surface area (Å²) in [5.74, 6) is 1.95. The Morgan fingerprint density at radius 1 is 0.758 bits per heavy atom. The highest BCUT2D eigenvalue weighted by Crippen LogP contribution is 2.38. The van der Waals surface area contributed by atoms with Crippen molar-refractivity contribution >= 4 is 5.97 Å². The van der Waals surface area contributed by atoms with Gasteiger partial charge in [-0.3, -0.25) is 0 Å². The number of rotatable bonds is 13. The smallest absolute Gasteiger partial charge is 0.343 e. The minimum Gasteiger partial charge on any atom is -0.423 e. The summed E-state index contributed by atoms with van der Waals surface area (Å²) in [4.78, 5) is 12.5. The van der Waals surface area contributed by atoms with Crippen molar-refractivity contribution in [3.05, 3.63) is 65.2 Å². The molecule has 0 unspecified atom stereocenters. The topological polar surface area (TPSA) is 26.3 Å². The zero-order chi connectivity index (χ0) is 23.3. The van der Waals surface area contributed by atoms with Gasteiger partial charge in [-0.1, -0.05) is 89.5 Å². The van der Waals surface area contributed by atoms with E-state index >= 15 is 0 Å². The van der Waals surface area contributed by atoms with Crippen molar-refractivity contribution in [1.82, 2.24) is 0 Å². The molecule has 0 bridgehead atoms. The Hall–Kier alpha value is -2.09. The highest BCUT2D eigenvalue weighted by atomic mass is 16.5. The van der Waals surface area contributed by atoms with Crippen molar-refractivity contribution in [2.24, 2.45) is 5.92 Å². The van der Waals surface area contributed by atoms with Gasteiger partial charge in [-0.2, -0.15) is 0 Å². The number of carbonyl (C=O) groups excluding carboxylic acids is 1. The van der Waals surface area contributed by atoms with Gasteiger partial charge in [0.15, 0.2) is 0 Å². The molecule has 0 spiro atoms. The molecule has 0 radical (unpaired) electrons. The van der Waals surface area contributed by atoms with E-state index in [1.165, 1.54) is 94.6 Å². The van der Waals surface area contributed by atoms with Crippen LogP contribution in [0.3, 0.4) is 0 Å². The van der Waals surface area contributed by atoms with Crippen molar-refractivity contribution in [1.29, 1.82) is 0 Å². The largest absolute Gasteiger partial charge is 0.423 e. The Labute approximate surface area is 202 Å². The van der Waals surface area contributed by atoms with Crippen molar-refractivity contribution in [2.45, 2.75) is 110 Å². The van der Waals surface area contributed by atoms with Crippen LogP contribution in [0, 0.1) is 5.92 Å². The van der Waals surface area contributed by atoms with E-state index in [0.29, 0.717) is 17.2 Å². The van der Waals surface area contributed by atoms with Crippen LogP contribution in [0.15, 0.2) is 48.5 Å². The SMILES string of the molecule is CCCCCCCCC1CCC(c2ccc(OC(=O)c3ccc(CCCC)cc3)cc2)CC1. The number of hydrogen-bond acceptors (Lipinski definition) is 2. The number of aryl methyl sites for hydroxylation is 1. The number of carbonyl (C=O) groups is 1. The maximum Gasteiger partial charge on any atom is 0.343 e. The second-order valence-electron chi connectivity index (χ2n) is 10.0. The number of unbranched alkanes of at least 4 members (excludes halogenated alkanes) is 6. The first-order chi connectivity index (χ1) is 16.2. The fraction of sp³-hybridized carbons (Fsp3) is 0.581. The van der Waals surface area contributed by atoms with E-state index < -0.39 is 0 Å². The molecule has 0 N–H and O–H groups in total. The van der Waals surface area contributed by atoms with Gasteiger partial charge in [0, 0.05) is 0 Å². The van der Waals surface area contributed by atoms with E-state index in [-0.39, 0.29) is 5.97 Å². The zero-order valence-corrected chi connectivity index (χ0v) is 21.0. The standard InChI is InChI=1S/C31H44O2/c1-3-5-7-8-9-10-12-26-13-17-27(18-14-26)28-21-23-30(24-22-28)33-31(32)29-19-15-25(16-20-29)11-6-4-2/h15-16,19-24,26-27H,3-14,17-18H2,1-2H3. The van der Waals surface area contributed by atoms with Crippen LogP contribution in [-0.2, 0) is 6.42 Å². The van der Waals surface area contributed by atoms with Crippen LogP contribution < -0.4 is 4.74 Å². The molecule has 3 rings (SSSR count). The van der Waals surface area contributed by atoms with Crippen molar-refractivity contribution in [2.75, 3.05) is 0 Å². The monoisotopic (exact) mass is 448 g/mol. The molecule has 1 fully saturated rings. The molecule has 0 aliphatic heterocycles. The summed E-state index contributed by atoms with van der Waals surface area (Å²) in [5, 5.41) is 0. The molecule has 2 nitrogen and oxygen atoms in total. The van der Waals surface area contributed by atoms with Crippen LogP contribution in [0.5, 0.6) is 5.75 Å². The van der Waals surface area contributed by atoms with E-state index in [4.69, 9.17) is 4.74 Å². The Morgan fingerprint density at radius 3 is 2.06 bits per heavy atom. The fourth-order valence-corrected chi connectivity index (χ4v) is 5.16. The molecule has 1 aliphatic rings. The predicted octanol–water partition coefficient (Wildman–Crippen LogP) is 9.27. The second kappa shape index (κ2) is 14.2. The lowest BCUT2D eigenvalue weighted by Crippen LogP contribution is -2.13. The van der Waals surface area contributed by atoms with Crippen LogP contribution in [0.4, 0.5) is 0 Å². The Bertz CT molecular complexity index is 798. The first-order valence-corrected chi connectivity index (χ1v) is 13.6. The van der Waals surface area contributed by atoms with E-state index in [2.05, 4.69) is 26.0 Å². The van der Waals surface area contributed by atoms with Crippen LogP contribution in [-0.4, -0.2) is 5.97 Å². The molecule has 2 aromatic carbocycles. The summed E-state index contributed by atoms with van der Waals surface area (Å²) in [6.07, 6.45) is 18.6. The lowest BCUT2D eigenvalue weighted by Gasteiger charge is -2.29. The number of esters is 1. The van der Waals surface area contributed by atoms with E-state index in [0.717, 1.165) is 12.3 Å². The molecule has 0 saturated heterocycles. The highest BCUT2D eigenvalue weighted by molar-refractivity contribution is 5.91. The average molecular weight is 449 g/mol. The number of ether oxygens (including phenoxy) is 1. The zero-order valence-electron chi connectivity index (χ0n) is 21.0. The molecule has 33 heavy (non-hydrogen) atoms. The molecule has 0 aromatic heterocycles. The number of benzene rings is 2. The lowest BCUT2D eigenvalue weighted by molar-refractivity contribution is 0.0734. The molecular weight excluding hydrogens is 404 g/mol. The summed E-state index contributed by atoms with van der Waals surface area (Å²) in [5.41, 5.74) is 3.29. The molecule has 2 heteroatoms. The van der Waals surface area contributed by atoms with Crippen LogP contribution in [0.2, 0.25) is 0 Å². The Kier molecular flexibility index (Phi) is 11.0. The summed E-state index contributed by atoms with van der Waals surface area (Å²) in [6, 6.07) is 16.1. The predicted molar refractivity (Wildman–Crippen MR) is 139 cm³/mol. The maximum atomic E-state index is 12.5. The lowest BCUT2D eigenvalue weighted by atomic mass is 9.77. The van der Waals surface area contributed by atoms with Gasteiger partial charge in [0.25, 0.3) is 0 Å². The first-order valence-electron chi connectivity index (χ1n) is 13.6. The molecule has 180 valence electrons. The molecular formula is C31H44O2. The van der Waals surface area contributed by atoms with E-state index in [1.807, 2.05) is 36.4 Å². The molecule has 0 heterocycles. The minimum atomic E-state index is -0.278. The quantitative estimate of drug-likeness (QED) is 0.173. The minimum absolute atomic E-state index is 0.278. The van der Waals surface area contributed by atoms with Crippen molar-refractivity contribution in [3.8, 4) is 5.75 Å². The van der Waals surface area contributed by atoms with Gasteiger partial charge in [0.2, 0.25) is 0 Å². The van der Waals surface area contributed by atoms with E-state index in [1.54, 1.807) is 0 Å². The highest BCUT2D eigenvalue weighted by Gasteiger charge is 2.22. The van der Waals surface area contributed by atoms with Crippen molar-refractivity contribution < 1.29 is 9.53 Å². The molecule has 2 aromatic rings. The molecule has 0 atom stereocenters. The Balaban J connectivity index is 1.40.